The van der Waals surface area contributed by atoms with Gasteiger partial charge in [0.1, 0.15) is 43.2 Å². The van der Waals surface area contributed by atoms with Crippen LogP contribution in [0.15, 0.2) is 42.0 Å². The maximum atomic E-state index is 13.9. The number of hydrogen-bond acceptors (Lipinski definition) is 13. The van der Waals surface area contributed by atoms with E-state index in [-0.39, 0.29) is 37.3 Å². The van der Waals surface area contributed by atoms with Gasteiger partial charge in [0.05, 0.1) is 25.4 Å². The fourth-order valence-corrected chi connectivity index (χ4v) is 6.82. The zero-order chi connectivity index (χ0) is 38.5. The van der Waals surface area contributed by atoms with Crippen LogP contribution in [-0.4, -0.2) is 138 Å². The van der Waals surface area contributed by atoms with E-state index in [2.05, 4.69) is 19.9 Å². The van der Waals surface area contributed by atoms with Gasteiger partial charge in [0.2, 0.25) is 0 Å². The number of amides is 1. The third kappa shape index (κ3) is 10.4. The molecule has 1 aliphatic carbocycles. The number of hydrogen-bond donors (Lipinski definition) is 4. The Morgan fingerprint density at radius 3 is 2.02 bits per heavy atom. The summed E-state index contributed by atoms with van der Waals surface area (Å²) < 4.78 is 40.4. The minimum atomic E-state index is -1.61. The van der Waals surface area contributed by atoms with Gasteiger partial charge in [0.15, 0.2) is 24.8 Å². The van der Waals surface area contributed by atoms with Crippen LogP contribution in [0.4, 0.5) is 0 Å². The lowest BCUT2D eigenvalue weighted by Gasteiger charge is -2.43. The van der Waals surface area contributed by atoms with E-state index in [1.54, 1.807) is 63.9 Å². The van der Waals surface area contributed by atoms with Crippen LogP contribution in [0.2, 0.25) is 0 Å². The molecule has 14 nitrogen and oxygen atoms in total. The summed E-state index contributed by atoms with van der Waals surface area (Å²) in [6.45, 7) is 15.2. The first-order valence-corrected chi connectivity index (χ1v) is 18.1. The van der Waals surface area contributed by atoms with E-state index in [4.69, 9.17) is 33.2 Å². The van der Waals surface area contributed by atoms with Gasteiger partial charge in [-0.15, -0.1) is 0 Å². The highest BCUT2D eigenvalue weighted by Gasteiger charge is 2.57. The molecule has 2 heterocycles. The van der Waals surface area contributed by atoms with Crippen molar-refractivity contribution >= 4 is 11.9 Å². The number of rotatable bonds is 16. The summed E-state index contributed by atoms with van der Waals surface area (Å²) in [7, 11) is 1.67. The highest BCUT2D eigenvalue weighted by Crippen LogP contribution is 2.59. The molecule has 52 heavy (non-hydrogen) atoms. The first kappa shape index (κ1) is 42.2. The van der Waals surface area contributed by atoms with Crippen LogP contribution in [-0.2, 0) is 49.4 Å². The average Bonchev–Trinajstić information content (AvgIpc) is 3.58. The Morgan fingerprint density at radius 1 is 0.827 bits per heavy atom. The second kappa shape index (κ2) is 18.2. The highest BCUT2D eigenvalue weighted by molar-refractivity contribution is 5.81. The fraction of sp³-hybridized carbons (Fsp3) is 0.737. The highest BCUT2D eigenvalue weighted by atomic mass is 16.7. The summed E-state index contributed by atoms with van der Waals surface area (Å²) in [5.74, 6) is -0.738. The Kier molecular flexibility index (Phi) is 14.8. The lowest BCUT2D eigenvalue weighted by atomic mass is 9.97. The SMILES string of the molecule is CC(C)=CC1C(CN(C)C(=O)C2O[C@@H](OC(C)C)[C@@H](O)[C@@H](O)[C@@H]2OCCO[C@@H]2OC(C(=O)OCc3ccccc3)[C@@H](OC(C)C)[C@H](O)[C@@H]2O)C1(C)C. The third-order valence-electron chi connectivity index (χ3n) is 9.80. The maximum Gasteiger partial charge on any atom is 0.338 e. The number of likely N-dealkylation sites (N-methyl/N-ethyl adjacent to an activating group) is 1. The van der Waals surface area contributed by atoms with Crippen molar-refractivity contribution in [2.45, 2.75) is 136 Å². The predicted octanol–water partition coefficient (Wildman–Crippen LogP) is 1.94. The van der Waals surface area contributed by atoms with E-state index in [1.807, 2.05) is 19.9 Å². The minimum absolute atomic E-state index is 0.00334. The number of ether oxygens (including phenoxy) is 7. The molecule has 4 unspecified atom stereocenters. The van der Waals surface area contributed by atoms with Crippen molar-refractivity contribution in [3.05, 3.63) is 47.5 Å². The molecule has 2 aliphatic heterocycles. The molecular formula is C38H59NO13. The Morgan fingerprint density at radius 2 is 1.40 bits per heavy atom. The molecule has 1 aromatic rings. The number of benzene rings is 1. The number of nitrogens with zero attached hydrogens (tertiary/aromatic N) is 1. The van der Waals surface area contributed by atoms with Gasteiger partial charge in [-0.1, -0.05) is 55.8 Å². The van der Waals surface area contributed by atoms with Gasteiger partial charge in [0.25, 0.3) is 5.91 Å². The van der Waals surface area contributed by atoms with Crippen molar-refractivity contribution in [2.75, 3.05) is 26.8 Å². The standard InChI is InChI=1S/C38H59NO13/c1-20(2)17-24-25(38(24,7)8)18-39(9)34(44)32-30(26(40)29(43)37(51-32)50-22(5)6)46-15-16-47-36-28(42)27(41)31(49-21(3)4)33(52-36)35(45)48-19-23-13-11-10-12-14-23/h10-14,17,21-22,24-33,36-37,40-43H,15-16,18-19H2,1-9H3/t24?,25?,26-,27-,28+,29+,30+,31+,32?,33?,36-,37-/m1/s1. The summed E-state index contributed by atoms with van der Waals surface area (Å²) in [6.07, 6.45) is -12.9. The zero-order valence-electron chi connectivity index (χ0n) is 31.8. The smallest absolute Gasteiger partial charge is 0.338 e. The monoisotopic (exact) mass is 737 g/mol. The van der Waals surface area contributed by atoms with Crippen molar-refractivity contribution < 1.29 is 63.2 Å². The predicted molar refractivity (Wildman–Crippen MR) is 187 cm³/mol. The molecule has 1 amide bonds. The van der Waals surface area contributed by atoms with Crippen LogP contribution in [0.3, 0.4) is 0 Å². The topological polar surface area (TPSA) is 183 Å². The quantitative estimate of drug-likeness (QED) is 0.110. The van der Waals surface area contributed by atoms with Crippen LogP contribution in [0, 0.1) is 17.3 Å². The van der Waals surface area contributed by atoms with Crippen LogP contribution in [0.1, 0.15) is 61.0 Å². The van der Waals surface area contributed by atoms with Gasteiger partial charge >= 0.3 is 5.97 Å². The summed E-state index contributed by atoms with van der Waals surface area (Å²) in [4.78, 5) is 28.6. The van der Waals surface area contributed by atoms with E-state index in [0.717, 1.165) is 5.56 Å². The molecule has 1 saturated carbocycles. The third-order valence-corrected chi connectivity index (χ3v) is 9.80. The van der Waals surface area contributed by atoms with Crippen molar-refractivity contribution in [3.8, 4) is 0 Å². The molecule has 12 atom stereocenters. The molecule has 1 aromatic carbocycles. The number of esters is 1. The van der Waals surface area contributed by atoms with Crippen molar-refractivity contribution in [1.82, 2.24) is 4.90 Å². The molecular weight excluding hydrogens is 678 g/mol. The molecule has 0 aromatic heterocycles. The van der Waals surface area contributed by atoms with Crippen LogP contribution in [0.25, 0.3) is 0 Å². The minimum Gasteiger partial charge on any atom is -0.459 e. The molecule has 0 radical (unpaired) electrons. The van der Waals surface area contributed by atoms with Crippen LogP contribution < -0.4 is 0 Å². The zero-order valence-corrected chi connectivity index (χ0v) is 31.8. The van der Waals surface area contributed by atoms with Gasteiger partial charge in [-0.3, -0.25) is 4.79 Å². The van der Waals surface area contributed by atoms with E-state index in [1.165, 1.54) is 5.57 Å². The number of aliphatic hydroxyl groups excluding tert-OH is 4. The molecule has 0 spiro atoms. The lowest BCUT2D eigenvalue weighted by Crippen LogP contribution is -2.63. The number of aliphatic hydroxyl groups is 4. The second-order valence-electron chi connectivity index (χ2n) is 15.4. The number of allylic oxidation sites excluding steroid dienone is 2. The molecule has 0 bridgehead atoms. The fourth-order valence-electron chi connectivity index (χ4n) is 6.82. The normalized spacial score (nSPS) is 34.2. The molecule has 14 heteroatoms. The van der Waals surface area contributed by atoms with Crippen molar-refractivity contribution in [2.24, 2.45) is 17.3 Å². The van der Waals surface area contributed by atoms with E-state index >= 15 is 0 Å². The first-order valence-electron chi connectivity index (χ1n) is 18.1. The summed E-state index contributed by atoms with van der Waals surface area (Å²) in [5.41, 5.74) is 1.95. The molecule has 294 valence electrons. The molecule has 3 fully saturated rings. The van der Waals surface area contributed by atoms with E-state index < -0.39 is 79.4 Å². The largest absolute Gasteiger partial charge is 0.459 e. The Bertz CT molecular complexity index is 1340. The van der Waals surface area contributed by atoms with E-state index in [0.29, 0.717) is 12.5 Å². The first-order chi connectivity index (χ1) is 24.4. The van der Waals surface area contributed by atoms with Gasteiger partial charge in [-0.05, 0) is 64.4 Å². The maximum absolute atomic E-state index is 13.9. The van der Waals surface area contributed by atoms with Crippen molar-refractivity contribution in [1.29, 1.82) is 0 Å². The van der Waals surface area contributed by atoms with E-state index in [9.17, 15) is 30.0 Å². The van der Waals surface area contributed by atoms with Crippen molar-refractivity contribution in [3.63, 3.8) is 0 Å². The molecule has 4 rings (SSSR count). The summed E-state index contributed by atoms with van der Waals surface area (Å²) in [5, 5.41) is 43.9. The van der Waals surface area contributed by atoms with Gasteiger partial charge < -0.3 is 58.5 Å². The Balaban J connectivity index is 1.41. The lowest BCUT2D eigenvalue weighted by molar-refractivity contribution is -0.315. The van der Waals surface area contributed by atoms with Crippen LogP contribution in [0.5, 0.6) is 0 Å². The summed E-state index contributed by atoms with van der Waals surface area (Å²) >= 11 is 0. The van der Waals surface area contributed by atoms with Gasteiger partial charge in [0, 0.05) is 13.6 Å². The second-order valence-corrected chi connectivity index (χ2v) is 15.4. The van der Waals surface area contributed by atoms with Gasteiger partial charge in [-0.25, -0.2) is 4.79 Å². The number of carbonyl (C=O) groups excluding carboxylic acids is 2. The molecule has 3 aliphatic rings. The summed E-state index contributed by atoms with van der Waals surface area (Å²) in [6, 6.07) is 9.02. The molecule has 2 saturated heterocycles. The van der Waals surface area contributed by atoms with Gasteiger partial charge in [-0.2, -0.15) is 0 Å². The average molecular weight is 738 g/mol. The Labute approximate surface area is 306 Å². The number of carbonyl (C=O) groups is 2. The molecule has 4 N–H and O–H groups in total. The van der Waals surface area contributed by atoms with Crippen LogP contribution >= 0.6 is 0 Å². The Hall–Kier alpha value is -2.50.